The first-order valence-electron chi connectivity index (χ1n) is 12.0. The van der Waals surface area contributed by atoms with E-state index in [0.29, 0.717) is 39.2 Å². The van der Waals surface area contributed by atoms with E-state index in [1.54, 1.807) is 50.8 Å². The van der Waals surface area contributed by atoms with Gasteiger partial charge in [0.15, 0.2) is 0 Å². The van der Waals surface area contributed by atoms with E-state index in [0.717, 1.165) is 24.0 Å². The first-order valence-corrected chi connectivity index (χ1v) is 12.4. The van der Waals surface area contributed by atoms with Crippen molar-refractivity contribution in [3.63, 3.8) is 0 Å². The van der Waals surface area contributed by atoms with Crippen molar-refractivity contribution in [2.45, 2.75) is 38.0 Å². The van der Waals surface area contributed by atoms with Crippen LogP contribution in [0.5, 0.6) is 0 Å². The van der Waals surface area contributed by atoms with Gasteiger partial charge < -0.3 is 15.5 Å². The van der Waals surface area contributed by atoms with Gasteiger partial charge in [-0.15, -0.1) is 10.2 Å². The Hall–Kier alpha value is -4.13. The first-order chi connectivity index (χ1) is 18.3. The minimum absolute atomic E-state index is 0.137. The zero-order valence-electron chi connectivity index (χ0n) is 20.4. The van der Waals surface area contributed by atoms with E-state index in [-0.39, 0.29) is 19.1 Å². The number of aliphatic hydroxyl groups is 2. The quantitative estimate of drug-likeness (QED) is 0.276. The fourth-order valence-corrected chi connectivity index (χ4v) is 4.25. The van der Waals surface area contributed by atoms with Gasteiger partial charge in [0.2, 0.25) is 5.82 Å². The molecular weight excluding hydrogens is 510 g/mol. The highest BCUT2D eigenvalue weighted by Crippen LogP contribution is 2.34. The van der Waals surface area contributed by atoms with Crippen LogP contribution in [0.25, 0.3) is 28.0 Å². The van der Waals surface area contributed by atoms with Gasteiger partial charge in [-0.1, -0.05) is 11.6 Å². The van der Waals surface area contributed by atoms with Crippen LogP contribution in [0.3, 0.4) is 0 Å². The molecule has 1 saturated carbocycles. The maximum atomic E-state index is 13.3. The molecule has 1 fully saturated rings. The van der Waals surface area contributed by atoms with Crippen molar-refractivity contribution in [2.75, 3.05) is 11.9 Å². The third-order valence-corrected chi connectivity index (χ3v) is 6.68. The van der Waals surface area contributed by atoms with E-state index in [2.05, 4.69) is 30.9 Å². The smallest absolute Gasteiger partial charge is 0.259 e. The van der Waals surface area contributed by atoms with Crippen molar-refractivity contribution in [1.29, 1.82) is 0 Å². The van der Waals surface area contributed by atoms with Gasteiger partial charge in [0, 0.05) is 23.5 Å². The molecule has 194 valence electrons. The van der Waals surface area contributed by atoms with E-state index < -0.39 is 5.60 Å². The number of tetrazole rings is 1. The van der Waals surface area contributed by atoms with Crippen LogP contribution in [0, 0.1) is 0 Å². The second-order valence-corrected chi connectivity index (χ2v) is 10.1. The maximum absolute atomic E-state index is 13.3. The normalized spacial score (nSPS) is 15.1. The van der Waals surface area contributed by atoms with Gasteiger partial charge in [-0.2, -0.15) is 15.0 Å². The number of rotatable bonds is 8. The van der Waals surface area contributed by atoms with E-state index in [9.17, 15) is 15.0 Å². The van der Waals surface area contributed by atoms with Crippen molar-refractivity contribution < 1.29 is 15.0 Å². The molecule has 0 radical (unpaired) electrons. The Morgan fingerprint density at radius 2 is 2.00 bits per heavy atom. The van der Waals surface area contributed by atoms with Crippen LogP contribution in [0.15, 0.2) is 55.1 Å². The Kier molecular flexibility index (Phi) is 5.94. The summed E-state index contributed by atoms with van der Waals surface area (Å²) < 4.78 is 3.17. The molecule has 0 aliphatic heterocycles. The summed E-state index contributed by atoms with van der Waals surface area (Å²) in [5.41, 5.74) is 2.38. The lowest BCUT2D eigenvalue weighted by molar-refractivity contribution is -0.0145. The number of nitrogens with one attached hydrogen (secondary N) is 1. The molecule has 6 rings (SSSR count). The number of aromatic nitrogens is 8. The van der Waals surface area contributed by atoms with Crippen LogP contribution in [-0.4, -0.2) is 67.9 Å². The minimum Gasteiger partial charge on any atom is -0.393 e. The standard InChI is InChI=1S/C25H24ClN9O3/c1-25(38,14-36)13-33-12-17(10-27-33)15-6-7-34-22(9-15)19(11-28-34)24(37)29-21-8-16(2-5-20(21)26)23-30-32-35(31-23)18-3-4-18/h2,5-12,18,36,38H,3-4,13-14H2,1H3,(H,29,37). The molecule has 13 heteroatoms. The lowest BCUT2D eigenvalue weighted by atomic mass is 10.1. The Balaban J connectivity index is 1.25. The van der Waals surface area contributed by atoms with Crippen molar-refractivity contribution in [1.82, 2.24) is 39.6 Å². The highest BCUT2D eigenvalue weighted by Gasteiger charge is 2.27. The summed E-state index contributed by atoms with van der Waals surface area (Å²) in [5, 5.41) is 44.0. The zero-order chi connectivity index (χ0) is 26.4. The maximum Gasteiger partial charge on any atom is 0.259 e. The van der Waals surface area contributed by atoms with Crippen LogP contribution in [-0.2, 0) is 6.54 Å². The van der Waals surface area contributed by atoms with Crippen LogP contribution in [0.2, 0.25) is 5.02 Å². The largest absolute Gasteiger partial charge is 0.393 e. The molecule has 4 aromatic heterocycles. The van der Waals surface area contributed by atoms with Gasteiger partial charge in [-0.25, -0.2) is 4.52 Å². The molecule has 1 unspecified atom stereocenters. The third kappa shape index (κ3) is 4.76. The van der Waals surface area contributed by atoms with Crippen LogP contribution in [0.4, 0.5) is 5.69 Å². The molecule has 4 heterocycles. The SMILES string of the molecule is CC(O)(CO)Cn1cc(-c2ccn3ncc(C(=O)Nc4cc(-c5nnn(C6CC6)n5)ccc4Cl)c3c2)cn1. The summed E-state index contributed by atoms with van der Waals surface area (Å²) in [6.45, 7) is 1.29. The van der Waals surface area contributed by atoms with Gasteiger partial charge in [-0.3, -0.25) is 9.48 Å². The molecule has 5 aromatic rings. The number of nitrogens with zero attached hydrogens (tertiary/aromatic N) is 8. The number of aliphatic hydroxyl groups excluding tert-OH is 1. The molecule has 1 aliphatic carbocycles. The number of carbonyl (C=O) groups excluding carboxylic acids is 1. The highest BCUT2D eigenvalue weighted by molar-refractivity contribution is 6.34. The third-order valence-electron chi connectivity index (χ3n) is 6.35. The molecule has 0 spiro atoms. The Bertz CT molecular complexity index is 1650. The molecule has 12 nitrogen and oxygen atoms in total. The van der Waals surface area contributed by atoms with E-state index in [1.807, 2.05) is 12.1 Å². The van der Waals surface area contributed by atoms with Crippen molar-refractivity contribution in [3.8, 4) is 22.5 Å². The number of amides is 1. The second kappa shape index (κ2) is 9.31. The topological polar surface area (TPSA) is 148 Å². The fraction of sp³-hybridized carbons (Fsp3) is 0.280. The van der Waals surface area contributed by atoms with Gasteiger partial charge in [-0.05, 0) is 60.9 Å². The lowest BCUT2D eigenvalue weighted by Gasteiger charge is -2.19. The van der Waals surface area contributed by atoms with Crippen LogP contribution >= 0.6 is 11.6 Å². The molecule has 1 aliphatic rings. The molecule has 0 saturated heterocycles. The van der Waals surface area contributed by atoms with E-state index in [4.69, 9.17) is 11.6 Å². The molecular formula is C25H24ClN9O3. The molecule has 1 aromatic carbocycles. The van der Waals surface area contributed by atoms with Crippen molar-refractivity contribution in [3.05, 3.63) is 65.7 Å². The van der Waals surface area contributed by atoms with Crippen molar-refractivity contribution >= 4 is 28.7 Å². The predicted octanol–water partition coefficient (Wildman–Crippen LogP) is 2.84. The summed E-state index contributed by atoms with van der Waals surface area (Å²) in [5.74, 6) is 0.0891. The number of pyridine rings is 1. The summed E-state index contributed by atoms with van der Waals surface area (Å²) in [6, 6.07) is 9.20. The van der Waals surface area contributed by atoms with Crippen LogP contribution < -0.4 is 5.32 Å². The van der Waals surface area contributed by atoms with Gasteiger partial charge in [0.1, 0.15) is 5.60 Å². The Morgan fingerprint density at radius 1 is 1.16 bits per heavy atom. The minimum atomic E-state index is -1.29. The van der Waals surface area contributed by atoms with Crippen LogP contribution in [0.1, 0.15) is 36.2 Å². The molecule has 0 bridgehead atoms. The number of halogens is 1. The summed E-state index contributed by atoms with van der Waals surface area (Å²) in [7, 11) is 0. The zero-order valence-corrected chi connectivity index (χ0v) is 21.1. The molecule has 1 atom stereocenters. The summed E-state index contributed by atoms with van der Waals surface area (Å²) in [4.78, 5) is 14.9. The van der Waals surface area contributed by atoms with E-state index >= 15 is 0 Å². The van der Waals surface area contributed by atoms with E-state index in [1.165, 1.54) is 13.1 Å². The lowest BCUT2D eigenvalue weighted by Crippen LogP contribution is -2.34. The monoisotopic (exact) mass is 533 g/mol. The predicted molar refractivity (Wildman–Crippen MR) is 139 cm³/mol. The Labute approximate surface area is 221 Å². The highest BCUT2D eigenvalue weighted by atomic mass is 35.5. The van der Waals surface area contributed by atoms with Gasteiger partial charge >= 0.3 is 0 Å². The number of hydrogen-bond acceptors (Lipinski definition) is 8. The van der Waals surface area contributed by atoms with Crippen molar-refractivity contribution in [2.24, 2.45) is 0 Å². The second-order valence-electron chi connectivity index (χ2n) is 9.70. The summed E-state index contributed by atoms with van der Waals surface area (Å²) >= 11 is 6.40. The number of benzene rings is 1. The van der Waals surface area contributed by atoms with Gasteiger partial charge in [0.05, 0.1) is 53.4 Å². The average Bonchev–Trinajstić information content (AvgIpc) is 3.28. The molecule has 3 N–H and O–H groups in total. The first kappa shape index (κ1) is 24.2. The number of carbonyl (C=O) groups is 1. The van der Waals surface area contributed by atoms with Gasteiger partial charge in [0.25, 0.3) is 5.91 Å². The number of hydrogen-bond donors (Lipinski definition) is 3. The summed E-state index contributed by atoms with van der Waals surface area (Å²) in [6.07, 6.45) is 8.78. The Morgan fingerprint density at radius 3 is 2.79 bits per heavy atom. The number of anilines is 1. The average molecular weight is 534 g/mol. The molecule has 38 heavy (non-hydrogen) atoms. The molecule has 1 amide bonds. The fourth-order valence-electron chi connectivity index (χ4n) is 4.08. The number of fused-ring (bicyclic) bond motifs is 1.